The van der Waals surface area contributed by atoms with E-state index in [1.807, 2.05) is 19.2 Å². The fraction of sp³-hybridized carbons (Fsp3) is 0.560. The Hall–Kier alpha value is -2.81. The Morgan fingerprint density at radius 1 is 1.29 bits per heavy atom. The number of benzene rings is 1. The molecule has 31 heavy (non-hydrogen) atoms. The molecule has 2 unspecified atom stereocenters. The molecule has 1 aliphatic carbocycles. The number of amidine groups is 1. The number of esters is 1. The van der Waals surface area contributed by atoms with Crippen molar-refractivity contribution in [3.8, 4) is 6.19 Å². The van der Waals surface area contributed by atoms with Crippen molar-refractivity contribution in [2.45, 2.75) is 66.0 Å². The van der Waals surface area contributed by atoms with Gasteiger partial charge in [-0.3, -0.25) is 4.79 Å². The van der Waals surface area contributed by atoms with Crippen LogP contribution in [0.5, 0.6) is 0 Å². The van der Waals surface area contributed by atoms with Crippen LogP contribution in [0.15, 0.2) is 35.5 Å². The fourth-order valence-electron chi connectivity index (χ4n) is 6.09. The van der Waals surface area contributed by atoms with Gasteiger partial charge in [0.05, 0.1) is 13.0 Å². The van der Waals surface area contributed by atoms with E-state index >= 15 is 0 Å². The van der Waals surface area contributed by atoms with Gasteiger partial charge < -0.3 is 14.2 Å². The number of rotatable bonds is 5. The minimum Gasteiger partial charge on any atom is -0.466 e. The minimum absolute atomic E-state index is 0.188. The molecule has 164 valence electrons. The van der Waals surface area contributed by atoms with Crippen LogP contribution in [0, 0.1) is 22.3 Å². The van der Waals surface area contributed by atoms with Crippen molar-refractivity contribution in [2.75, 3.05) is 13.2 Å². The molecule has 1 saturated carbocycles. The van der Waals surface area contributed by atoms with E-state index < -0.39 is 0 Å². The highest BCUT2D eigenvalue weighted by molar-refractivity contribution is 6.10. The molecule has 6 nitrogen and oxygen atoms in total. The number of hydrogen-bond donors (Lipinski definition) is 0. The summed E-state index contributed by atoms with van der Waals surface area (Å²) in [6.07, 6.45) is 7.86. The molecule has 2 heterocycles. The SMILES string of the molecule is CCOC(=O)CCn1ccc2c(/C(=N/C#N)N3CC4(C)CC3CC(C)(C)C4)cccc21. The molecule has 1 aromatic carbocycles. The number of fused-ring (bicyclic) bond motifs is 3. The number of aryl methyl sites for hydroxylation is 1. The Morgan fingerprint density at radius 2 is 2.10 bits per heavy atom. The summed E-state index contributed by atoms with van der Waals surface area (Å²) in [5.41, 5.74) is 2.58. The molecule has 0 N–H and O–H groups in total. The van der Waals surface area contributed by atoms with E-state index in [9.17, 15) is 10.1 Å². The first kappa shape index (κ1) is 21.4. The zero-order valence-corrected chi connectivity index (χ0v) is 19.0. The summed E-state index contributed by atoms with van der Waals surface area (Å²) in [4.78, 5) is 18.5. The molecule has 2 aliphatic rings. The number of carbonyl (C=O) groups is 1. The lowest BCUT2D eigenvalue weighted by Gasteiger charge is -2.39. The molecule has 0 amide bonds. The molecular weight excluding hydrogens is 388 g/mol. The van der Waals surface area contributed by atoms with E-state index in [1.165, 1.54) is 6.42 Å². The average molecular weight is 421 g/mol. The van der Waals surface area contributed by atoms with Gasteiger partial charge in [-0.15, -0.1) is 0 Å². The lowest BCUT2D eigenvalue weighted by molar-refractivity contribution is -0.143. The van der Waals surface area contributed by atoms with Gasteiger partial charge in [0.2, 0.25) is 6.19 Å². The van der Waals surface area contributed by atoms with Crippen molar-refractivity contribution in [2.24, 2.45) is 15.8 Å². The van der Waals surface area contributed by atoms with Crippen LogP contribution < -0.4 is 0 Å². The predicted octanol–water partition coefficient (Wildman–Crippen LogP) is 4.72. The summed E-state index contributed by atoms with van der Waals surface area (Å²) in [6, 6.07) is 8.60. The largest absolute Gasteiger partial charge is 0.466 e. The third-order valence-electron chi connectivity index (χ3n) is 6.76. The minimum atomic E-state index is -0.188. The van der Waals surface area contributed by atoms with Crippen molar-refractivity contribution in [3.63, 3.8) is 0 Å². The molecule has 4 rings (SSSR count). The number of ether oxygens (including phenoxy) is 1. The average Bonchev–Trinajstić information content (AvgIpc) is 3.21. The maximum Gasteiger partial charge on any atom is 0.307 e. The van der Waals surface area contributed by atoms with Gasteiger partial charge in [-0.1, -0.05) is 32.9 Å². The van der Waals surface area contributed by atoms with E-state index in [0.29, 0.717) is 31.0 Å². The van der Waals surface area contributed by atoms with Gasteiger partial charge in [-0.05, 0) is 49.1 Å². The van der Waals surface area contributed by atoms with Crippen LogP contribution in [0.2, 0.25) is 0 Å². The standard InChI is InChI=1S/C25H32N4O2/c1-5-31-22(30)10-12-28-11-9-19-20(7-6-8-21(19)28)23(27-17-26)29-16-25(4)14-18(29)13-24(2,3)15-25/h6-9,11,18H,5,10,12-16H2,1-4H3/b27-23-. The van der Waals surface area contributed by atoms with Gasteiger partial charge in [0.25, 0.3) is 0 Å². The number of nitrogens with zero attached hydrogens (tertiary/aromatic N) is 4. The summed E-state index contributed by atoms with van der Waals surface area (Å²) in [6.45, 7) is 10.8. The molecular formula is C25H32N4O2. The molecule has 2 fully saturated rings. The Bertz CT molecular complexity index is 1060. The second-order valence-electron chi connectivity index (χ2n) is 10.2. The summed E-state index contributed by atoms with van der Waals surface area (Å²) in [5, 5.41) is 10.6. The molecule has 1 aromatic heterocycles. The van der Waals surface area contributed by atoms with Crippen molar-refractivity contribution in [3.05, 3.63) is 36.0 Å². The van der Waals surface area contributed by atoms with E-state index in [-0.39, 0.29) is 11.4 Å². The van der Waals surface area contributed by atoms with Crippen LogP contribution >= 0.6 is 0 Å². The zero-order chi connectivity index (χ0) is 22.2. The summed E-state index contributed by atoms with van der Waals surface area (Å²) in [5.74, 6) is 0.593. The number of aliphatic imine (C=N–C) groups is 1. The number of carbonyl (C=O) groups excluding carboxylic acids is 1. The topological polar surface area (TPSA) is 70.6 Å². The van der Waals surface area contributed by atoms with Gasteiger partial charge in [-0.2, -0.15) is 10.3 Å². The van der Waals surface area contributed by atoms with Gasteiger partial charge in [0.15, 0.2) is 0 Å². The fourth-order valence-corrected chi connectivity index (χ4v) is 6.09. The molecule has 2 atom stereocenters. The predicted molar refractivity (Wildman–Crippen MR) is 122 cm³/mol. The maximum absolute atomic E-state index is 11.8. The van der Waals surface area contributed by atoms with Crippen molar-refractivity contribution in [1.82, 2.24) is 9.47 Å². The lowest BCUT2D eigenvalue weighted by atomic mass is 9.65. The van der Waals surface area contributed by atoms with E-state index in [0.717, 1.165) is 41.7 Å². The summed E-state index contributed by atoms with van der Waals surface area (Å²) < 4.78 is 7.14. The highest BCUT2D eigenvalue weighted by Crippen LogP contribution is 2.53. The van der Waals surface area contributed by atoms with Gasteiger partial charge >= 0.3 is 5.97 Å². The zero-order valence-electron chi connectivity index (χ0n) is 19.0. The number of nitriles is 1. The third-order valence-corrected chi connectivity index (χ3v) is 6.76. The second-order valence-corrected chi connectivity index (χ2v) is 10.2. The summed E-state index contributed by atoms with van der Waals surface area (Å²) in [7, 11) is 0. The highest BCUT2D eigenvalue weighted by Gasteiger charge is 2.50. The summed E-state index contributed by atoms with van der Waals surface area (Å²) >= 11 is 0. The molecule has 1 aliphatic heterocycles. The first-order chi connectivity index (χ1) is 14.8. The molecule has 0 spiro atoms. The van der Waals surface area contributed by atoms with Gasteiger partial charge in [-0.25, -0.2) is 0 Å². The van der Waals surface area contributed by atoms with Gasteiger partial charge in [0.1, 0.15) is 5.84 Å². The lowest BCUT2D eigenvalue weighted by Crippen LogP contribution is -2.38. The van der Waals surface area contributed by atoms with Crippen LogP contribution in [-0.2, 0) is 16.1 Å². The normalized spacial score (nSPS) is 24.9. The number of likely N-dealkylation sites (tertiary alicyclic amines) is 1. The molecule has 2 bridgehead atoms. The quantitative estimate of drug-likeness (QED) is 0.304. The van der Waals surface area contributed by atoms with Crippen LogP contribution in [0.4, 0.5) is 0 Å². The first-order valence-electron chi connectivity index (χ1n) is 11.2. The monoisotopic (exact) mass is 420 g/mol. The van der Waals surface area contributed by atoms with Crippen molar-refractivity contribution in [1.29, 1.82) is 5.26 Å². The Labute approximate surface area is 184 Å². The van der Waals surface area contributed by atoms with Crippen LogP contribution in [-0.4, -0.2) is 40.5 Å². The first-order valence-corrected chi connectivity index (χ1v) is 11.2. The van der Waals surface area contributed by atoms with Crippen LogP contribution in [0.3, 0.4) is 0 Å². The highest BCUT2D eigenvalue weighted by atomic mass is 16.5. The van der Waals surface area contributed by atoms with Gasteiger partial charge in [0, 0.05) is 41.8 Å². The van der Waals surface area contributed by atoms with E-state index in [4.69, 9.17) is 4.74 Å². The van der Waals surface area contributed by atoms with Crippen molar-refractivity contribution < 1.29 is 9.53 Å². The second kappa shape index (κ2) is 8.03. The molecule has 6 heteroatoms. The Balaban J connectivity index is 1.67. The third kappa shape index (κ3) is 4.19. The van der Waals surface area contributed by atoms with E-state index in [2.05, 4.69) is 59.6 Å². The smallest absolute Gasteiger partial charge is 0.307 e. The molecule has 2 aromatic rings. The molecule has 1 saturated heterocycles. The van der Waals surface area contributed by atoms with E-state index in [1.54, 1.807) is 0 Å². The maximum atomic E-state index is 11.8. The van der Waals surface area contributed by atoms with Crippen LogP contribution in [0.1, 0.15) is 58.9 Å². The van der Waals surface area contributed by atoms with Crippen LogP contribution in [0.25, 0.3) is 10.9 Å². The number of aromatic nitrogens is 1. The molecule has 0 radical (unpaired) electrons. The number of hydrogen-bond acceptors (Lipinski definition) is 4. The Kier molecular flexibility index (Phi) is 5.55. The Morgan fingerprint density at radius 3 is 2.84 bits per heavy atom. The van der Waals surface area contributed by atoms with Crippen molar-refractivity contribution >= 4 is 22.7 Å².